The number of aromatic nitrogens is 1. The van der Waals surface area contributed by atoms with Gasteiger partial charge < -0.3 is 10.6 Å². The van der Waals surface area contributed by atoms with Gasteiger partial charge in [0.1, 0.15) is 0 Å². The van der Waals surface area contributed by atoms with Crippen molar-refractivity contribution in [3.8, 4) is 0 Å². The van der Waals surface area contributed by atoms with Crippen LogP contribution in [0.1, 0.15) is 31.3 Å². The second-order valence-electron chi connectivity index (χ2n) is 3.36. The quantitative estimate of drug-likeness (QED) is 0.799. The SMILES string of the molecule is CC.CCN1CCc2nc(N)sc2CC1. The molecule has 86 valence electrons. The molecule has 3 nitrogen and oxygen atoms in total. The van der Waals surface area contributed by atoms with Crippen molar-refractivity contribution in [2.45, 2.75) is 33.6 Å². The minimum atomic E-state index is 0.731. The van der Waals surface area contributed by atoms with Crippen molar-refractivity contribution in [3.05, 3.63) is 10.6 Å². The number of likely N-dealkylation sites (N-methyl/N-ethyl adjacent to an activating group) is 1. The van der Waals surface area contributed by atoms with Crippen molar-refractivity contribution in [2.24, 2.45) is 0 Å². The number of nitrogen functional groups attached to an aromatic ring is 1. The predicted octanol–water partition coefficient (Wildman–Crippen LogP) is 2.17. The lowest BCUT2D eigenvalue weighted by Crippen LogP contribution is -2.25. The van der Waals surface area contributed by atoms with Gasteiger partial charge in [-0.15, -0.1) is 11.3 Å². The van der Waals surface area contributed by atoms with Gasteiger partial charge in [0, 0.05) is 24.4 Å². The molecule has 0 fully saturated rings. The smallest absolute Gasteiger partial charge is 0.180 e. The molecule has 0 aliphatic carbocycles. The maximum Gasteiger partial charge on any atom is 0.180 e. The zero-order valence-electron chi connectivity index (χ0n) is 9.92. The Bertz CT molecular complexity index is 271. The number of nitrogens with two attached hydrogens (primary N) is 1. The number of anilines is 1. The highest BCUT2D eigenvalue weighted by Gasteiger charge is 2.15. The molecule has 2 heterocycles. The fourth-order valence-corrected chi connectivity index (χ4v) is 2.61. The zero-order chi connectivity index (χ0) is 11.3. The van der Waals surface area contributed by atoms with Gasteiger partial charge in [-0.25, -0.2) is 4.98 Å². The van der Waals surface area contributed by atoms with Crippen LogP contribution in [0.4, 0.5) is 5.13 Å². The second kappa shape index (κ2) is 6.08. The molecule has 1 aromatic heterocycles. The Kier molecular flexibility index (Phi) is 5.05. The first kappa shape index (κ1) is 12.5. The number of nitrogens with zero attached hydrogens (tertiary/aromatic N) is 2. The summed E-state index contributed by atoms with van der Waals surface area (Å²) in [6, 6.07) is 0. The molecule has 1 aliphatic rings. The Labute approximate surface area is 96.3 Å². The van der Waals surface area contributed by atoms with E-state index in [0.717, 1.165) is 37.6 Å². The van der Waals surface area contributed by atoms with Gasteiger partial charge in [-0.05, 0) is 13.0 Å². The van der Waals surface area contributed by atoms with E-state index in [2.05, 4.69) is 16.8 Å². The summed E-state index contributed by atoms with van der Waals surface area (Å²) >= 11 is 1.66. The summed E-state index contributed by atoms with van der Waals surface area (Å²) in [5.74, 6) is 0. The normalized spacial score (nSPS) is 16.2. The highest BCUT2D eigenvalue weighted by Crippen LogP contribution is 2.23. The van der Waals surface area contributed by atoms with E-state index < -0.39 is 0 Å². The summed E-state index contributed by atoms with van der Waals surface area (Å²) < 4.78 is 0. The van der Waals surface area contributed by atoms with Gasteiger partial charge in [0.2, 0.25) is 0 Å². The number of fused-ring (bicyclic) bond motifs is 1. The highest BCUT2D eigenvalue weighted by atomic mass is 32.1. The van der Waals surface area contributed by atoms with Crippen molar-refractivity contribution >= 4 is 16.5 Å². The molecule has 0 radical (unpaired) electrons. The van der Waals surface area contributed by atoms with Crippen LogP contribution < -0.4 is 5.73 Å². The molecule has 4 heteroatoms. The van der Waals surface area contributed by atoms with Gasteiger partial charge >= 0.3 is 0 Å². The maximum absolute atomic E-state index is 5.67. The van der Waals surface area contributed by atoms with E-state index in [1.165, 1.54) is 10.6 Å². The molecule has 0 saturated carbocycles. The van der Waals surface area contributed by atoms with Crippen LogP contribution >= 0.6 is 11.3 Å². The third-order valence-electron chi connectivity index (χ3n) is 2.56. The summed E-state index contributed by atoms with van der Waals surface area (Å²) in [4.78, 5) is 8.21. The van der Waals surface area contributed by atoms with Crippen LogP contribution in [0.5, 0.6) is 0 Å². The van der Waals surface area contributed by atoms with Gasteiger partial charge in [0.25, 0.3) is 0 Å². The van der Waals surface area contributed by atoms with Crippen LogP contribution in [0.15, 0.2) is 0 Å². The summed E-state index contributed by atoms with van der Waals surface area (Å²) in [6.45, 7) is 9.64. The minimum absolute atomic E-state index is 0.731. The zero-order valence-corrected chi connectivity index (χ0v) is 10.7. The lowest BCUT2D eigenvalue weighted by atomic mass is 10.2. The molecule has 0 bridgehead atoms. The van der Waals surface area contributed by atoms with Crippen LogP contribution in [0.25, 0.3) is 0 Å². The van der Waals surface area contributed by atoms with E-state index in [9.17, 15) is 0 Å². The van der Waals surface area contributed by atoms with Crippen molar-refractivity contribution in [1.82, 2.24) is 9.88 Å². The molecule has 0 amide bonds. The van der Waals surface area contributed by atoms with Crippen molar-refractivity contribution in [3.63, 3.8) is 0 Å². The molecule has 2 N–H and O–H groups in total. The molecular formula is C11H21N3S. The molecule has 1 aliphatic heterocycles. The van der Waals surface area contributed by atoms with Crippen LogP contribution in [-0.4, -0.2) is 29.5 Å². The van der Waals surface area contributed by atoms with Crippen LogP contribution in [0, 0.1) is 0 Å². The van der Waals surface area contributed by atoms with E-state index in [-0.39, 0.29) is 0 Å². The number of hydrogen-bond acceptors (Lipinski definition) is 4. The molecular weight excluding hydrogens is 206 g/mol. The lowest BCUT2D eigenvalue weighted by molar-refractivity contribution is 0.303. The Morgan fingerprint density at radius 3 is 2.67 bits per heavy atom. The molecule has 0 unspecified atom stereocenters. The number of thiazole rings is 1. The number of rotatable bonds is 1. The monoisotopic (exact) mass is 227 g/mol. The molecule has 0 aromatic carbocycles. The molecule has 0 atom stereocenters. The first-order chi connectivity index (χ1) is 7.29. The Morgan fingerprint density at radius 1 is 1.33 bits per heavy atom. The molecule has 1 aromatic rings. The van der Waals surface area contributed by atoms with Crippen LogP contribution in [0.2, 0.25) is 0 Å². The van der Waals surface area contributed by atoms with Gasteiger partial charge in [0.15, 0.2) is 5.13 Å². The Balaban J connectivity index is 0.000000531. The first-order valence-corrected chi connectivity index (χ1v) is 6.57. The second-order valence-corrected chi connectivity index (χ2v) is 4.47. The van der Waals surface area contributed by atoms with Crippen molar-refractivity contribution < 1.29 is 0 Å². The minimum Gasteiger partial charge on any atom is -0.375 e. The standard InChI is InChI=1S/C9H15N3S.C2H6/c1-2-12-5-3-7-8(4-6-12)13-9(10)11-7;1-2/h2-6H2,1H3,(H2,10,11);1-2H3. The lowest BCUT2D eigenvalue weighted by Gasteiger charge is -2.16. The van der Waals surface area contributed by atoms with Crippen molar-refractivity contribution in [2.75, 3.05) is 25.4 Å². The summed E-state index contributed by atoms with van der Waals surface area (Å²) in [7, 11) is 0. The average molecular weight is 227 g/mol. The Hall–Kier alpha value is -0.610. The fourth-order valence-electron chi connectivity index (χ4n) is 1.75. The van der Waals surface area contributed by atoms with Crippen LogP contribution in [-0.2, 0) is 12.8 Å². The molecule has 0 spiro atoms. The predicted molar refractivity (Wildman–Crippen MR) is 67.4 cm³/mol. The van der Waals surface area contributed by atoms with Gasteiger partial charge in [-0.3, -0.25) is 0 Å². The van der Waals surface area contributed by atoms with Gasteiger partial charge in [0.05, 0.1) is 5.69 Å². The third-order valence-corrected chi connectivity index (χ3v) is 3.55. The van der Waals surface area contributed by atoms with Crippen molar-refractivity contribution in [1.29, 1.82) is 0 Å². The molecule has 2 rings (SSSR count). The average Bonchev–Trinajstić information content (AvgIpc) is 2.52. The summed E-state index contributed by atoms with van der Waals surface area (Å²) in [5.41, 5.74) is 6.90. The van der Waals surface area contributed by atoms with Gasteiger partial charge in [-0.2, -0.15) is 0 Å². The van der Waals surface area contributed by atoms with E-state index in [0.29, 0.717) is 0 Å². The molecule has 0 saturated heterocycles. The van der Waals surface area contributed by atoms with E-state index >= 15 is 0 Å². The largest absolute Gasteiger partial charge is 0.375 e. The van der Waals surface area contributed by atoms with Crippen LogP contribution in [0.3, 0.4) is 0 Å². The van der Waals surface area contributed by atoms with E-state index in [1.54, 1.807) is 11.3 Å². The maximum atomic E-state index is 5.67. The first-order valence-electron chi connectivity index (χ1n) is 5.76. The van der Waals surface area contributed by atoms with E-state index in [4.69, 9.17) is 5.73 Å². The number of hydrogen-bond donors (Lipinski definition) is 1. The molecule has 15 heavy (non-hydrogen) atoms. The summed E-state index contributed by atoms with van der Waals surface area (Å²) in [5, 5.41) is 0.731. The highest BCUT2D eigenvalue weighted by molar-refractivity contribution is 7.15. The Morgan fingerprint density at radius 2 is 2.00 bits per heavy atom. The topological polar surface area (TPSA) is 42.2 Å². The summed E-state index contributed by atoms with van der Waals surface area (Å²) in [6.07, 6.45) is 2.19. The fraction of sp³-hybridized carbons (Fsp3) is 0.727. The van der Waals surface area contributed by atoms with E-state index in [1.807, 2.05) is 13.8 Å². The third kappa shape index (κ3) is 3.18. The van der Waals surface area contributed by atoms with Gasteiger partial charge in [-0.1, -0.05) is 20.8 Å².